The second-order valence-corrected chi connectivity index (χ2v) is 3.56. The number of alkyl halides is 3. The zero-order valence-electron chi connectivity index (χ0n) is 8.97. The van der Waals surface area contributed by atoms with Crippen molar-refractivity contribution in [2.45, 2.75) is 38.4 Å². The van der Waals surface area contributed by atoms with Gasteiger partial charge in [0.15, 0.2) is 0 Å². The number of likely N-dealkylation sites (N-methyl/N-ethyl adjacent to an activating group) is 1. The van der Waals surface area contributed by atoms with E-state index in [0.29, 0.717) is 11.3 Å². The fourth-order valence-corrected chi connectivity index (χ4v) is 1.18. The van der Waals surface area contributed by atoms with E-state index in [2.05, 4.69) is 0 Å². The molecule has 0 aromatic rings. The Balaban J connectivity index is 4.08. The van der Waals surface area contributed by atoms with Crippen molar-refractivity contribution in [3.63, 3.8) is 0 Å². The van der Waals surface area contributed by atoms with E-state index in [4.69, 9.17) is 5.73 Å². The van der Waals surface area contributed by atoms with Crippen LogP contribution < -0.4 is 5.73 Å². The summed E-state index contributed by atoms with van der Waals surface area (Å²) in [5, 5.41) is 0. The molecule has 0 spiro atoms. The molecule has 0 aliphatic carbocycles. The molecule has 1 atom stereocenters. The maximum absolute atomic E-state index is 11.9. The molecule has 0 rings (SSSR count). The number of unbranched alkanes of at least 4 members (excludes halogenated alkanes) is 1. The first-order valence-electron chi connectivity index (χ1n) is 4.85. The number of hydrogen-bond donors (Lipinski definition) is 1. The van der Waals surface area contributed by atoms with Gasteiger partial charge in [-0.3, -0.25) is 4.79 Å². The van der Waals surface area contributed by atoms with Crippen LogP contribution in [0.1, 0.15) is 26.2 Å². The van der Waals surface area contributed by atoms with Gasteiger partial charge >= 0.3 is 6.18 Å². The van der Waals surface area contributed by atoms with Gasteiger partial charge in [0.1, 0.15) is 6.54 Å². The Labute approximate surface area is 87.4 Å². The lowest BCUT2D eigenvalue weighted by Gasteiger charge is -2.22. The molecule has 0 fully saturated rings. The van der Waals surface area contributed by atoms with E-state index in [1.165, 1.54) is 0 Å². The second kappa shape index (κ2) is 5.95. The number of nitrogens with zero attached hydrogens (tertiary/aromatic N) is 1. The van der Waals surface area contributed by atoms with Crippen molar-refractivity contribution in [2.24, 2.45) is 5.73 Å². The molecule has 0 saturated heterocycles. The maximum atomic E-state index is 11.9. The third-order valence-corrected chi connectivity index (χ3v) is 1.98. The molecule has 1 amide bonds. The molecule has 0 aliphatic heterocycles. The molecule has 0 aliphatic rings. The van der Waals surface area contributed by atoms with Crippen molar-refractivity contribution in [2.75, 3.05) is 13.6 Å². The number of amides is 1. The number of hydrogen-bond acceptors (Lipinski definition) is 2. The average molecular weight is 226 g/mol. The van der Waals surface area contributed by atoms with Crippen LogP contribution in [-0.4, -0.2) is 36.6 Å². The summed E-state index contributed by atoms with van der Waals surface area (Å²) in [5.41, 5.74) is 5.46. The number of carbonyl (C=O) groups excluding carboxylic acids is 1. The summed E-state index contributed by atoms with van der Waals surface area (Å²) >= 11 is 0. The van der Waals surface area contributed by atoms with Crippen molar-refractivity contribution in [1.29, 1.82) is 0 Å². The molecule has 0 aromatic carbocycles. The molecular weight excluding hydrogens is 209 g/mol. The van der Waals surface area contributed by atoms with Crippen LogP contribution in [0.3, 0.4) is 0 Å². The highest BCUT2D eigenvalue weighted by atomic mass is 19.4. The minimum Gasteiger partial charge on any atom is -0.335 e. The van der Waals surface area contributed by atoms with Crippen LogP contribution in [-0.2, 0) is 4.79 Å². The lowest BCUT2D eigenvalue weighted by Crippen LogP contribution is -2.45. The normalized spacial score (nSPS) is 13.7. The molecule has 2 N–H and O–H groups in total. The second-order valence-electron chi connectivity index (χ2n) is 3.56. The zero-order valence-corrected chi connectivity index (χ0v) is 8.97. The minimum atomic E-state index is -4.37. The van der Waals surface area contributed by atoms with E-state index in [9.17, 15) is 18.0 Å². The van der Waals surface area contributed by atoms with Crippen LogP contribution in [0.25, 0.3) is 0 Å². The van der Waals surface area contributed by atoms with Crippen LogP contribution in [0, 0.1) is 0 Å². The van der Waals surface area contributed by atoms with Crippen LogP contribution in [0.4, 0.5) is 13.2 Å². The van der Waals surface area contributed by atoms with Gasteiger partial charge in [0.25, 0.3) is 0 Å². The van der Waals surface area contributed by atoms with E-state index in [-0.39, 0.29) is 0 Å². The quantitative estimate of drug-likeness (QED) is 0.772. The molecule has 6 heteroatoms. The van der Waals surface area contributed by atoms with Gasteiger partial charge in [-0.2, -0.15) is 13.2 Å². The third-order valence-electron chi connectivity index (χ3n) is 1.98. The topological polar surface area (TPSA) is 46.3 Å². The van der Waals surface area contributed by atoms with Gasteiger partial charge in [-0.1, -0.05) is 19.8 Å². The predicted molar refractivity (Wildman–Crippen MR) is 51.2 cm³/mol. The summed E-state index contributed by atoms with van der Waals surface area (Å²) in [6.45, 7) is 0.683. The number of nitrogens with two attached hydrogens (primary N) is 1. The summed E-state index contributed by atoms with van der Waals surface area (Å²) in [6, 6.07) is -0.822. The first-order valence-corrected chi connectivity index (χ1v) is 4.85. The van der Waals surface area contributed by atoms with Gasteiger partial charge < -0.3 is 10.6 Å². The SMILES string of the molecule is CCCC[C@H](N)C(=O)N(C)CC(F)(F)F. The van der Waals surface area contributed by atoms with Crippen molar-refractivity contribution in [3.8, 4) is 0 Å². The lowest BCUT2D eigenvalue weighted by atomic mass is 10.1. The van der Waals surface area contributed by atoms with E-state index < -0.39 is 24.7 Å². The van der Waals surface area contributed by atoms with Crippen molar-refractivity contribution in [3.05, 3.63) is 0 Å². The summed E-state index contributed by atoms with van der Waals surface area (Å²) in [6.07, 6.45) is -2.33. The zero-order chi connectivity index (χ0) is 12.1. The maximum Gasteiger partial charge on any atom is 0.406 e. The van der Waals surface area contributed by atoms with Gasteiger partial charge in [0, 0.05) is 7.05 Å². The molecular formula is C9H17F3N2O. The fraction of sp³-hybridized carbons (Fsp3) is 0.889. The molecule has 0 aromatic heterocycles. The van der Waals surface area contributed by atoms with Crippen molar-refractivity contribution >= 4 is 5.91 Å². The van der Waals surface area contributed by atoms with E-state index >= 15 is 0 Å². The van der Waals surface area contributed by atoms with Gasteiger partial charge in [-0.05, 0) is 6.42 Å². The molecule has 0 heterocycles. The van der Waals surface area contributed by atoms with Gasteiger partial charge in [-0.25, -0.2) is 0 Å². The van der Waals surface area contributed by atoms with Crippen molar-refractivity contribution in [1.82, 2.24) is 4.90 Å². The summed E-state index contributed by atoms with van der Waals surface area (Å²) in [5.74, 6) is -0.652. The Hall–Kier alpha value is -0.780. The number of halogens is 3. The Morgan fingerprint density at radius 3 is 2.40 bits per heavy atom. The van der Waals surface area contributed by atoms with Crippen LogP contribution in [0.2, 0.25) is 0 Å². The molecule has 90 valence electrons. The highest BCUT2D eigenvalue weighted by Gasteiger charge is 2.32. The van der Waals surface area contributed by atoms with Gasteiger partial charge in [0.05, 0.1) is 6.04 Å². The van der Waals surface area contributed by atoms with E-state index in [1.807, 2.05) is 6.92 Å². The van der Waals surface area contributed by atoms with E-state index in [0.717, 1.165) is 19.9 Å². The van der Waals surface area contributed by atoms with E-state index in [1.54, 1.807) is 0 Å². The van der Waals surface area contributed by atoms with Gasteiger partial charge in [0.2, 0.25) is 5.91 Å². The molecule has 0 saturated carbocycles. The standard InChI is InChI=1S/C9H17F3N2O/c1-3-4-5-7(13)8(15)14(2)6-9(10,11)12/h7H,3-6,13H2,1-2H3/t7-/m0/s1. The smallest absolute Gasteiger partial charge is 0.335 e. The third kappa shape index (κ3) is 6.33. The summed E-state index contributed by atoms with van der Waals surface area (Å²) < 4.78 is 35.8. The lowest BCUT2D eigenvalue weighted by molar-refractivity contribution is -0.159. The first kappa shape index (κ1) is 14.2. The molecule has 0 bridgehead atoms. The monoisotopic (exact) mass is 226 g/mol. The Morgan fingerprint density at radius 1 is 1.47 bits per heavy atom. The largest absolute Gasteiger partial charge is 0.406 e. The average Bonchev–Trinajstić information content (AvgIpc) is 2.10. The molecule has 0 radical (unpaired) electrons. The number of rotatable bonds is 5. The Morgan fingerprint density at radius 2 is 2.00 bits per heavy atom. The summed E-state index contributed by atoms with van der Waals surface area (Å²) in [7, 11) is 1.11. The molecule has 15 heavy (non-hydrogen) atoms. The highest BCUT2D eigenvalue weighted by Crippen LogP contribution is 2.16. The predicted octanol–water partition coefficient (Wildman–Crippen LogP) is 1.52. The van der Waals surface area contributed by atoms with Crippen LogP contribution in [0.15, 0.2) is 0 Å². The number of carbonyl (C=O) groups is 1. The first-order chi connectivity index (χ1) is 6.78. The summed E-state index contributed by atoms with van der Waals surface area (Å²) in [4.78, 5) is 12.0. The van der Waals surface area contributed by atoms with Crippen molar-refractivity contribution < 1.29 is 18.0 Å². The Bertz CT molecular complexity index is 206. The van der Waals surface area contributed by atoms with Gasteiger partial charge in [-0.15, -0.1) is 0 Å². The molecule has 3 nitrogen and oxygen atoms in total. The molecule has 0 unspecified atom stereocenters. The van der Waals surface area contributed by atoms with Crippen LogP contribution in [0.5, 0.6) is 0 Å². The highest BCUT2D eigenvalue weighted by molar-refractivity contribution is 5.81. The fourth-order valence-electron chi connectivity index (χ4n) is 1.18. The Kier molecular flexibility index (Phi) is 5.64. The van der Waals surface area contributed by atoms with Crippen LogP contribution >= 0.6 is 0 Å². The minimum absolute atomic E-state index is 0.428.